The first kappa shape index (κ1) is 14.8. The summed E-state index contributed by atoms with van der Waals surface area (Å²) in [6.45, 7) is 3.52. The molecule has 1 heterocycles. The molecule has 0 bridgehead atoms. The highest BCUT2D eigenvalue weighted by Gasteiger charge is 2.32. The molecule has 2 N–H and O–H groups in total. The highest BCUT2D eigenvalue weighted by atomic mass is 35.5. The van der Waals surface area contributed by atoms with Crippen LogP contribution in [0.25, 0.3) is 0 Å². The molecule has 1 aliphatic heterocycles. The number of nitrogens with zero attached hydrogens (tertiary/aromatic N) is 1. The zero-order valence-corrected chi connectivity index (χ0v) is 12.3. The normalized spacial score (nSPS) is 18.8. The van der Waals surface area contributed by atoms with E-state index in [0.29, 0.717) is 30.2 Å². The smallest absolute Gasteiger partial charge is 0.254 e. The van der Waals surface area contributed by atoms with Crippen LogP contribution in [0.15, 0.2) is 18.2 Å². The molecule has 0 aromatic heterocycles. The second kappa shape index (κ2) is 6.24. The van der Waals surface area contributed by atoms with Crippen molar-refractivity contribution in [3.63, 3.8) is 0 Å². The Labute approximate surface area is 123 Å². The third-order valence-electron chi connectivity index (χ3n) is 3.46. The maximum absolute atomic E-state index is 12.6. The Balaban J connectivity index is 2.25. The molecule has 1 atom stereocenters. The van der Waals surface area contributed by atoms with E-state index < -0.39 is 6.04 Å². The molecule has 1 aromatic carbocycles. The van der Waals surface area contributed by atoms with E-state index in [-0.39, 0.29) is 11.8 Å². The molecular formula is C14H18ClN3O2. The summed E-state index contributed by atoms with van der Waals surface area (Å²) in [6, 6.07) is 4.69. The van der Waals surface area contributed by atoms with E-state index in [1.807, 2.05) is 6.92 Å². The molecule has 1 saturated heterocycles. The fraction of sp³-hybridized carbons (Fsp3) is 0.429. The Bertz CT molecular complexity index is 533. The van der Waals surface area contributed by atoms with Crippen LogP contribution in [0.5, 0.6) is 0 Å². The number of piperazine rings is 1. The molecule has 1 fully saturated rings. The van der Waals surface area contributed by atoms with Crippen molar-refractivity contribution < 1.29 is 9.59 Å². The van der Waals surface area contributed by atoms with E-state index in [4.69, 9.17) is 11.6 Å². The summed E-state index contributed by atoms with van der Waals surface area (Å²) >= 11 is 5.97. The first-order valence-corrected chi connectivity index (χ1v) is 6.92. The van der Waals surface area contributed by atoms with Crippen molar-refractivity contribution in [3.8, 4) is 0 Å². The predicted molar refractivity (Wildman–Crippen MR) is 77.9 cm³/mol. The molecule has 108 valence electrons. The topological polar surface area (TPSA) is 61.4 Å². The summed E-state index contributed by atoms with van der Waals surface area (Å²) in [4.78, 5) is 26.0. The molecule has 0 radical (unpaired) electrons. The number of amides is 2. The molecule has 0 aliphatic carbocycles. The fourth-order valence-electron chi connectivity index (χ4n) is 2.29. The zero-order valence-electron chi connectivity index (χ0n) is 11.6. The Hall–Kier alpha value is -1.59. The Morgan fingerprint density at radius 1 is 1.45 bits per heavy atom. The largest absolute Gasteiger partial charge is 0.357 e. The average molecular weight is 296 g/mol. The summed E-state index contributed by atoms with van der Waals surface area (Å²) in [6.07, 6.45) is 0. The molecule has 6 heteroatoms. The van der Waals surface area contributed by atoms with Crippen LogP contribution in [0.2, 0.25) is 5.02 Å². The lowest BCUT2D eigenvalue weighted by Gasteiger charge is -2.35. The predicted octanol–water partition coefficient (Wildman–Crippen LogP) is 0.808. The van der Waals surface area contributed by atoms with Gasteiger partial charge >= 0.3 is 0 Å². The van der Waals surface area contributed by atoms with Crippen LogP contribution in [0.4, 0.5) is 0 Å². The van der Waals surface area contributed by atoms with Crippen molar-refractivity contribution in [2.45, 2.75) is 13.0 Å². The van der Waals surface area contributed by atoms with E-state index in [1.54, 1.807) is 30.1 Å². The Morgan fingerprint density at radius 2 is 2.20 bits per heavy atom. The van der Waals surface area contributed by atoms with E-state index in [0.717, 1.165) is 5.56 Å². The number of carbonyl (C=O) groups excluding carboxylic acids is 2. The minimum absolute atomic E-state index is 0.139. The van der Waals surface area contributed by atoms with Crippen LogP contribution in [-0.2, 0) is 4.79 Å². The molecule has 1 aromatic rings. The third kappa shape index (κ3) is 2.94. The molecule has 0 saturated carbocycles. The van der Waals surface area contributed by atoms with Crippen molar-refractivity contribution in [3.05, 3.63) is 34.3 Å². The summed E-state index contributed by atoms with van der Waals surface area (Å²) in [5.41, 5.74) is 1.41. The number of nitrogens with one attached hydrogen (secondary N) is 2. The van der Waals surface area contributed by atoms with Crippen molar-refractivity contribution in [2.24, 2.45) is 0 Å². The third-order valence-corrected chi connectivity index (χ3v) is 3.88. The van der Waals surface area contributed by atoms with Gasteiger partial charge in [-0.2, -0.15) is 0 Å². The first-order valence-electron chi connectivity index (χ1n) is 6.54. The zero-order chi connectivity index (χ0) is 14.7. The second-order valence-corrected chi connectivity index (χ2v) is 5.20. The summed E-state index contributed by atoms with van der Waals surface area (Å²) in [7, 11) is 1.58. The van der Waals surface area contributed by atoms with Crippen LogP contribution in [0, 0.1) is 6.92 Å². The maximum atomic E-state index is 12.6. The lowest BCUT2D eigenvalue weighted by Crippen LogP contribution is -2.59. The molecular weight excluding hydrogens is 278 g/mol. The van der Waals surface area contributed by atoms with Gasteiger partial charge in [0.15, 0.2) is 0 Å². The highest BCUT2D eigenvalue weighted by molar-refractivity contribution is 6.31. The first-order chi connectivity index (χ1) is 9.54. The van der Waals surface area contributed by atoms with Gasteiger partial charge in [0.1, 0.15) is 6.04 Å². The van der Waals surface area contributed by atoms with Gasteiger partial charge in [-0.15, -0.1) is 0 Å². The van der Waals surface area contributed by atoms with E-state index in [2.05, 4.69) is 10.6 Å². The van der Waals surface area contributed by atoms with Crippen LogP contribution in [-0.4, -0.2) is 49.4 Å². The number of hydrogen-bond donors (Lipinski definition) is 2. The van der Waals surface area contributed by atoms with Crippen molar-refractivity contribution in [1.82, 2.24) is 15.5 Å². The average Bonchev–Trinajstić information content (AvgIpc) is 2.48. The van der Waals surface area contributed by atoms with Gasteiger partial charge in [-0.3, -0.25) is 9.59 Å². The van der Waals surface area contributed by atoms with Crippen LogP contribution in [0.3, 0.4) is 0 Å². The molecule has 1 unspecified atom stereocenters. The SMILES string of the molecule is CNC(=O)C1CNCCN1C(=O)c1ccc(Cl)c(C)c1. The number of benzene rings is 1. The van der Waals surface area contributed by atoms with Crippen LogP contribution < -0.4 is 10.6 Å². The number of halogens is 1. The number of hydrogen-bond acceptors (Lipinski definition) is 3. The molecule has 1 aliphatic rings. The van der Waals surface area contributed by atoms with Gasteiger partial charge in [0, 0.05) is 37.3 Å². The fourth-order valence-corrected chi connectivity index (χ4v) is 2.41. The van der Waals surface area contributed by atoms with Crippen molar-refractivity contribution in [1.29, 1.82) is 0 Å². The summed E-state index contributed by atoms with van der Waals surface area (Å²) < 4.78 is 0. The quantitative estimate of drug-likeness (QED) is 0.849. The minimum Gasteiger partial charge on any atom is -0.357 e. The maximum Gasteiger partial charge on any atom is 0.254 e. The molecule has 20 heavy (non-hydrogen) atoms. The van der Waals surface area contributed by atoms with Crippen molar-refractivity contribution >= 4 is 23.4 Å². The van der Waals surface area contributed by atoms with Crippen LogP contribution in [0.1, 0.15) is 15.9 Å². The van der Waals surface area contributed by atoms with Gasteiger partial charge in [-0.05, 0) is 30.7 Å². The molecule has 5 nitrogen and oxygen atoms in total. The lowest BCUT2D eigenvalue weighted by atomic mass is 10.1. The summed E-state index contributed by atoms with van der Waals surface area (Å²) in [5, 5.41) is 6.36. The number of likely N-dealkylation sites (N-methyl/N-ethyl adjacent to an activating group) is 1. The minimum atomic E-state index is -0.475. The van der Waals surface area contributed by atoms with Gasteiger partial charge in [-0.1, -0.05) is 11.6 Å². The van der Waals surface area contributed by atoms with Gasteiger partial charge in [0.25, 0.3) is 5.91 Å². The Kier molecular flexibility index (Phi) is 4.62. The van der Waals surface area contributed by atoms with Gasteiger partial charge in [-0.25, -0.2) is 0 Å². The van der Waals surface area contributed by atoms with Gasteiger partial charge in [0.05, 0.1) is 0 Å². The van der Waals surface area contributed by atoms with E-state index in [9.17, 15) is 9.59 Å². The van der Waals surface area contributed by atoms with Gasteiger partial charge in [0.2, 0.25) is 5.91 Å². The van der Waals surface area contributed by atoms with E-state index >= 15 is 0 Å². The molecule has 2 rings (SSSR count). The molecule has 0 spiro atoms. The Morgan fingerprint density at radius 3 is 2.85 bits per heavy atom. The number of rotatable bonds is 2. The number of carbonyl (C=O) groups is 2. The highest BCUT2D eigenvalue weighted by Crippen LogP contribution is 2.18. The summed E-state index contributed by atoms with van der Waals surface area (Å²) in [5.74, 6) is -0.295. The number of aryl methyl sites for hydroxylation is 1. The van der Waals surface area contributed by atoms with E-state index in [1.165, 1.54) is 0 Å². The standard InChI is InChI=1S/C14H18ClN3O2/c1-9-7-10(3-4-11(9)15)14(20)18-6-5-17-8-12(18)13(19)16-2/h3-4,7,12,17H,5-6,8H2,1-2H3,(H,16,19). The lowest BCUT2D eigenvalue weighted by molar-refractivity contribution is -0.125. The monoisotopic (exact) mass is 295 g/mol. The van der Waals surface area contributed by atoms with Gasteiger partial charge < -0.3 is 15.5 Å². The van der Waals surface area contributed by atoms with Crippen molar-refractivity contribution in [2.75, 3.05) is 26.7 Å². The molecule has 2 amide bonds. The van der Waals surface area contributed by atoms with Crippen LogP contribution >= 0.6 is 11.6 Å². The second-order valence-electron chi connectivity index (χ2n) is 4.80.